The minimum Gasteiger partial charge on any atom is -0.377 e. The Morgan fingerprint density at radius 1 is 1.24 bits per heavy atom. The zero-order valence-electron chi connectivity index (χ0n) is 11.5. The maximum atomic E-state index is 13.3. The molecule has 21 heavy (non-hydrogen) atoms. The lowest BCUT2D eigenvalue weighted by Gasteiger charge is -2.09. The van der Waals surface area contributed by atoms with Crippen LogP contribution in [-0.2, 0) is 11.3 Å². The van der Waals surface area contributed by atoms with Crippen LogP contribution in [-0.4, -0.2) is 23.2 Å². The molecule has 7 heteroatoms. The van der Waals surface area contributed by atoms with Crippen LogP contribution in [0, 0.1) is 11.6 Å². The fraction of sp³-hybridized carbons (Fsp3) is 0.429. The van der Waals surface area contributed by atoms with Crippen molar-refractivity contribution >= 4 is 22.6 Å². The first kappa shape index (κ1) is 15.9. The van der Waals surface area contributed by atoms with E-state index in [0.29, 0.717) is 11.8 Å². The molecule has 0 bridgehead atoms. The van der Waals surface area contributed by atoms with Crippen molar-refractivity contribution in [1.82, 2.24) is 0 Å². The monoisotopic (exact) mass is 313 g/mol. The second-order valence-corrected chi connectivity index (χ2v) is 5.63. The third-order valence-corrected chi connectivity index (χ3v) is 3.80. The Morgan fingerprint density at radius 3 is 2.86 bits per heavy atom. The van der Waals surface area contributed by atoms with Crippen LogP contribution in [0.15, 0.2) is 28.4 Å². The van der Waals surface area contributed by atoms with Crippen LogP contribution in [0.25, 0.3) is 0 Å². The highest BCUT2D eigenvalue weighted by Gasteiger charge is 2.07. The van der Waals surface area contributed by atoms with Gasteiger partial charge in [0.05, 0.1) is 12.3 Å². The van der Waals surface area contributed by atoms with Crippen molar-refractivity contribution in [2.24, 2.45) is 15.9 Å². The summed E-state index contributed by atoms with van der Waals surface area (Å²) in [5, 5.41) is 8.34. The van der Waals surface area contributed by atoms with Crippen LogP contribution in [0.4, 0.5) is 8.78 Å². The molecule has 114 valence electrons. The second kappa shape index (κ2) is 8.09. The number of ether oxygens (including phenoxy) is 1. The molecule has 1 aliphatic rings. The van der Waals surface area contributed by atoms with Gasteiger partial charge >= 0.3 is 0 Å². The Labute approximate surface area is 126 Å². The SMILES string of the molecule is NC1=NN=C(CCCCOCc2cc(F)ccc2F)CS1. The first-order valence-corrected chi connectivity index (χ1v) is 7.67. The van der Waals surface area contributed by atoms with Crippen molar-refractivity contribution in [1.29, 1.82) is 0 Å². The normalized spacial score (nSPS) is 14.8. The summed E-state index contributed by atoms with van der Waals surface area (Å²) in [6.07, 6.45) is 2.60. The van der Waals surface area contributed by atoms with Crippen molar-refractivity contribution in [3.63, 3.8) is 0 Å². The van der Waals surface area contributed by atoms with E-state index in [1.807, 2.05) is 0 Å². The molecule has 0 fully saturated rings. The van der Waals surface area contributed by atoms with E-state index in [1.165, 1.54) is 11.8 Å². The number of benzene rings is 1. The van der Waals surface area contributed by atoms with Gasteiger partial charge in [-0.25, -0.2) is 8.78 Å². The molecule has 0 amide bonds. The van der Waals surface area contributed by atoms with E-state index in [4.69, 9.17) is 10.5 Å². The molecule has 0 aromatic heterocycles. The summed E-state index contributed by atoms with van der Waals surface area (Å²) in [7, 11) is 0. The quantitative estimate of drug-likeness (QED) is 0.787. The summed E-state index contributed by atoms with van der Waals surface area (Å²) >= 11 is 1.48. The van der Waals surface area contributed by atoms with Gasteiger partial charge < -0.3 is 10.5 Å². The average molecular weight is 313 g/mol. The van der Waals surface area contributed by atoms with Gasteiger partial charge in [0.15, 0.2) is 5.17 Å². The zero-order valence-corrected chi connectivity index (χ0v) is 12.3. The van der Waals surface area contributed by atoms with E-state index in [9.17, 15) is 8.78 Å². The van der Waals surface area contributed by atoms with Crippen molar-refractivity contribution in [2.45, 2.75) is 25.9 Å². The van der Waals surface area contributed by atoms with Crippen molar-refractivity contribution in [3.05, 3.63) is 35.4 Å². The van der Waals surface area contributed by atoms with Crippen LogP contribution in [0.3, 0.4) is 0 Å². The van der Waals surface area contributed by atoms with E-state index in [1.54, 1.807) is 0 Å². The lowest BCUT2D eigenvalue weighted by atomic mass is 10.2. The average Bonchev–Trinajstić information content (AvgIpc) is 2.48. The highest BCUT2D eigenvalue weighted by atomic mass is 32.2. The molecule has 0 unspecified atom stereocenters. The van der Waals surface area contributed by atoms with Crippen LogP contribution in [0.5, 0.6) is 0 Å². The highest BCUT2D eigenvalue weighted by molar-refractivity contribution is 8.14. The molecule has 0 radical (unpaired) electrons. The predicted octanol–water partition coefficient (Wildman–Crippen LogP) is 3.07. The molecule has 2 N–H and O–H groups in total. The molecule has 1 aromatic carbocycles. The number of rotatable bonds is 7. The molecule has 0 saturated heterocycles. The van der Waals surface area contributed by atoms with Crippen molar-refractivity contribution < 1.29 is 13.5 Å². The standard InChI is InChI=1S/C14H17F2N3OS/c15-11-4-5-13(16)10(7-11)8-20-6-2-1-3-12-9-21-14(17)19-18-12/h4-5,7H,1-3,6,8-9H2,(H2,17,19). The molecule has 0 saturated carbocycles. The Kier molecular flexibility index (Phi) is 6.13. The highest BCUT2D eigenvalue weighted by Crippen LogP contribution is 2.13. The Morgan fingerprint density at radius 2 is 2.10 bits per heavy atom. The zero-order chi connectivity index (χ0) is 15.1. The summed E-state index contributed by atoms with van der Waals surface area (Å²) in [4.78, 5) is 0. The number of hydrogen-bond acceptors (Lipinski definition) is 5. The summed E-state index contributed by atoms with van der Waals surface area (Å²) in [6, 6.07) is 3.36. The van der Waals surface area contributed by atoms with Gasteiger partial charge in [-0.3, -0.25) is 0 Å². The molecule has 1 aliphatic heterocycles. The van der Waals surface area contributed by atoms with Crippen LogP contribution < -0.4 is 5.73 Å². The van der Waals surface area contributed by atoms with Crippen LogP contribution in [0.2, 0.25) is 0 Å². The predicted molar refractivity (Wildman–Crippen MR) is 81.4 cm³/mol. The minimum absolute atomic E-state index is 0.0845. The largest absolute Gasteiger partial charge is 0.377 e. The Hall–Kier alpha value is -1.47. The molecule has 1 heterocycles. The van der Waals surface area contributed by atoms with E-state index in [2.05, 4.69) is 10.2 Å². The smallest absolute Gasteiger partial charge is 0.180 e. The van der Waals surface area contributed by atoms with Crippen LogP contribution >= 0.6 is 11.8 Å². The maximum absolute atomic E-state index is 13.3. The van der Waals surface area contributed by atoms with Crippen LogP contribution in [0.1, 0.15) is 24.8 Å². The molecule has 1 aromatic rings. The third kappa shape index (κ3) is 5.43. The molecular formula is C14H17F2N3OS. The number of unbranched alkanes of at least 4 members (excludes halogenated alkanes) is 1. The third-order valence-electron chi connectivity index (χ3n) is 2.95. The fourth-order valence-electron chi connectivity index (χ4n) is 1.83. The maximum Gasteiger partial charge on any atom is 0.180 e. The van der Waals surface area contributed by atoms with Gasteiger partial charge in [0.2, 0.25) is 0 Å². The molecule has 0 spiro atoms. The van der Waals surface area contributed by atoms with Crippen molar-refractivity contribution in [3.8, 4) is 0 Å². The number of nitrogens with two attached hydrogens (primary N) is 1. The van der Waals surface area contributed by atoms with Gasteiger partial charge in [0.25, 0.3) is 0 Å². The summed E-state index contributed by atoms with van der Waals surface area (Å²) in [5.41, 5.74) is 6.76. The van der Waals surface area contributed by atoms with E-state index in [0.717, 1.165) is 48.9 Å². The molecule has 0 atom stereocenters. The van der Waals surface area contributed by atoms with Gasteiger partial charge in [-0.15, -0.1) is 5.10 Å². The summed E-state index contributed by atoms with van der Waals surface area (Å²) in [5.74, 6) is -0.117. The number of hydrogen-bond donors (Lipinski definition) is 1. The minimum atomic E-state index is -0.456. The molecular weight excluding hydrogens is 296 g/mol. The molecule has 0 aliphatic carbocycles. The number of thioether (sulfide) groups is 1. The van der Waals surface area contributed by atoms with Gasteiger partial charge in [0, 0.05) is 17.9 Å². The summed E-state index contributed by atoms with van der Waals surface area (Å²) < 4.78 is 31.6. The fourth-order valence-corrected chi connectivity index (χ4v) is 2.44. The number of amidine groups is 1. The van der Waals surface area contributed by atoms with E-state index < -0.39 is 11.6 Å². The molecule has 4 nitrogen and oxygen atoms in total. The number of nitrogens with zero attached hydrogens (tertiary/aromatic N) is 2. The Balaban J connectivity index is 1.61. The first-order valence-electron chi connectivity index (χ1n) is 6.68. The topological polar surface area (TPSA) is 60.0 Å². The van der Waals surface area contributed by atoms with Crippen molar-refractivity contribution in [2.75, 3.05) is 12.4 Å². The van der Waals surface area contributed by atoms with Gasteiger partial charge in [-0.05, 0) is 37.5 Å². The van der Waals surface area contributed by atoms with Gasteiger partial charge in [-0.2, -0.15) is 5.10 Å². The number of halogens is 2. The summed E-state index contributed by atoms with van der Waals surface area (Å²) in [6.45, 7) is 0.586. The van der Waals surface area contributed by atoms with Gasteiger partial charge in [0.1, 0.15) is 11.6 Å². The molecule has 2 rings (SSSR count). The second-order valence-electron chi connectivity index (χ2n) is 4.64. The van der Waals surface area contributed by atoms with E-state index in [-0.39, 0.29) is 12.2 Å². The lowest BCUT2D eigenvalue weighted by molar-refractivity contribution is 0.115. The first-order chi connectivity index (χ1) is 10.1. The van der Waals surface area contributed by atoms with Gasteiger partial charge in [-0.1, -0.05) is 11.8 Å². The lowest BCUT2D eigenvalue weighted by Crippen LogP contribution is -2.15. The Bertz CT molecular complexity index is 549. The van der Waals surface area contributed by atoms with E-state index >= 15 is 0 Å².